The Hall–Kier alpha value is -0.600. The molecule has 1 unspecified atom stereocenters. The van der Waals surface area contributed by atoms with Crippen LogP contribution in [0.5, 0.6) is 0 Å². The van der Waals surface area contributed by atoms with E-state index in [2.05, 4.69) is 0 Å². The van der Waals surface area contributed by atoms with Crippen molar-refractivity contribution in [2.45, 2.75) is 38.7 Å². The molecule has 15 heavy (non-hydrogen) atoms. The number of aliphatic hydroxyl groups excluding tert-OH is 1. The summed E-state index contributed by atoms with van der Waals surface area (Å²) in [5.74, 6) is -0.394. The molecule has 1 N–H and O–H groups in total. The van der Waals surface area contributed by atoms with Gasteiger partial charge in [0, 0.05) is 0 Å². The zero-order chi connectivity index (χ0) is 11.3. The van der Waals surface area contributed by atoms with Gasteiger partial charge >= 0.3 is 0 Å². The lowest BCUT2D eigenvalue weighted by molar-refractivity contribution is 0.154. The predicted octanol–water partition coefficient (Wildman–Crippen LogP) is 3.57. The van der Waals surface area contributed by atoms with E-state index in [-0.39, 0.29) is 11.1 Å². The monoisotopic (exact) mass is 230 g/mol. The average Bonchev–Trinajstić information content (AvgIpc) is 2.20. The second-order valence-corrected chi connectivity index (χ2v) is 4.14. The third kappa shape index (κ3) is 4.18. The summed E-state index contributed by atoms with van der Waals surface area (Å²) in [6.45, 7) is 2.04. The Morgan fingerprint density at radius 1 is 1.40 bits per heavy atom. The molecule has 1 aromatic carbocycles. The molecule has 1 nitrogen and oxygen atoms in total. The number of hydrogen-bond acceptors (Lipinski definition) is 1. The quantitative estimate of drug-likeness (QED) is 0.820. The fourth-order valence-corrected chi connectivity index (χ4v) is 1.71. The molecule has 1 atom stereocenters. The number of rotatable bonds is 5. The minimum absolute atomic E-state index is 0.150. The van der Waals surface area contributed by atoms with E-state index in [1.165, 1.54) is 6.07 Å². The number of halogens is 2. The van der Waals surface area contributed by atoms with Crippen LogP contribution in [0, 0.1) is 5.82 Å². The number of aryl methyl sites for hydroxylation is 1. The first-order valence-electron chi connectivity index (χ1n) is 5.25. The normalized spacial score (nSPS) is 12.8. The van der Waals surface area contributed by atoms with Crippen LogP contribution in [0.4, 0.5) is 4.39 Å². The molecule has 0 aliphatic heterocycles. The second-order valence-electron chi connectivity index (χ2n) is 3.73. The molecule has 0 amide bonds. The first kappa shape index (κ1) is 12.5. The lowest BCUT2D eigenvalue weighted by Crippen LogP contribution is -2.07. The molecule has 0 radical (unpaired) electrons. The summed E-state index contributed by atoms with van der Waals surface area (Å²) >= 11 is 5.65. The summed E-state index contributed by atoms with van der Waals surface area (Å²) in [5.41, 5.74) is 0.969. The van der Waals surface area contributed by atoms with Gasteiger partial charge in [-0.15, -0.1) is 0 Å². The highest BCUT2D eigenvalue weighted by Gasteiger charge is 2.05. The van der Waals surface area contributed by atoms with Crippen LogP contribution in [-0.2, 0) is 6.42 Å². The topological polar surface area (TPSA) is 20.2 Å². The molecule has 0 saturated carbocycles. The highest BCUT2D eigenvalue weighted by Crippen LogP contribution is 2.17. The van der Waals surface area contributed by atoms with Crippen LogP contribution in [0.25, 0.3) is 0 Å². The van der Waals surface area contributed by atoms with Gasteiger partial charge in [0.2, 0.25) is 0 Å². The van der Waals surface area contributed by atoms with Crippen LogP contribution in [0.1, 0.15) is 31.7 Å². The molecule has 0 aliphatic rings. The highest BCUT2D eigenvalue weighted by molar-refractivity contribution is 6.30. The molecular weight excluding hydrogens is 215 g/mol. The molecule has 0 fully saturated rings. The van der Waals surface area contributed by atoms with Crippen LogP contribution in [0.3, 0.4) is 0 Å². The maximum absolute atomic E-state index is 12.8. The Morgan fingerprint density at radius 2 is 2.13 bits per heavy atom. The van der Waals surface area contributed by atoms with Crippen LogP contribution in [-0.4, -0.2) is 11.2 Å². The molecule has 84 valence electrons. The summed E-state index contributed by atoms with van der Waals surface area (Å²) in [7, 11) is 0. The van der Waals surface area contributed by atoms with Gasteiger partial charge in [0.25, 0.3) is 0 Å². The van der Waals surface area contributed by atoms with Gasteiger partial charge in [-0.1, -0.05) is 31.0 Å². The van der Waals surface area contributed by atoms with E-state index in [0.717, 1.165) is 24.8 Å². The van der Waals surface area contributed by atoms with Crippen molar-refractivity contribution in [2.75, 3.05) is 0 Å². The fourth-order valence-electron chi connectivity index (χ4n) is 1.51. The van der Waals surface area contributed by atoms with Crippen LogP contribution >= 0.6 is 11.6 Å². The summed E-state index contributed by atoms with van der Waals surface area (Å²) in [4.78, 5) is 0. The van der Waals surface area contributed by atoms with E-state index in [9.17, 15) is 9.50 Å². The van der Waals surface area contributed by atoms with Gasteiger partial charge in [0.05, 0.1) is 11.1 Å². The Bertz CT molecular complexity index is 314. The molecule has 0 saturated heterocycles. The number of hydrogen-bond donors (Lipinski definition) is 1. The molecule has 0 aromatic heterocycles. The predicted molar refractivity (Wildman–Crippen MR) is 60.6 cm³/mol. The van der Waals surface area contributed by atoms with Crippen molar-refractivity contribution in [3.63, 3.8) is 0 Å². The summed E-state index contributed by atoms with van der Waals surface area (Å²) in [6, 6.07) is 4.69. The second kappa shape index (κ2) is 6.09. The van der Waals surface area contributed by atoms with Gasteiger partial charge in [-0.2, -0.15) is 0 Å². The van der Waals surface area contributed by atoms with Crippen molar-refractivity contribution in [3.8, 4) is 0 Å². The van der Waals surface area contributed by atoms with Crippen LogP contribution in [0.2, 0.25) is 5.02 Å². The molecular formula is C12H16ClFO. The fraction of sp³-hybridized carbons (Fsp3) is 0.500. The van der Waals surface area contributed by atoms with Gasteiger partial charge in [0.15, 0.2) is 0 Å². The minimum atomic E-state index is -0.394. The molecule has 1 rings (SSSR count). The maximum Gasteiger partial charge on any atom is 0.141 e. The van der Waals surface area contributed by atoms with E-state index < -0.39 is 5.82 Å². The van der Waals surface area contributed by atoms with E-state index >= 15 is 0 Å². The summed E-state index contributed by atoms with van der Waals surface area (Å²) < 4.78 is 12.8. The highest BCUT2D eigenvalue weighted by atomic mass is 35.5. The molecule has 0 bridgehead atoms. The SMILES string of the molecule is CCCC(O)CCc1ccc(F)c(Cl)c1. The van der Waals surface area contributed by atoms with Gasteiger partial charge in [-0.05, 0) is 37.0 Å². The van der Waals surface area contributed by atoms with Crippen molar-refractivity contribution in [1.29, 1.82) is 0 Å². The molecule has 0 spiro atoms. The van der Waals surface area contributed by atoms with Gasteiger partial charge in [-0.3, -0.25) is 0 Å². The van der Waals surface area contributed by atoms with Crippen molar-refractivity contribution in [2.24, 2.45) is 0 Å². The largest absolute Gasteiger partial charge is 0.393 e. The molecule has 0 heterocycles. The lowest BCUT2D eigenvalue weighted by atomic mass is 10.0. The maximum atomic E-state index is 12.8. The minimum Gasteiger partial charge on any atom is -0.393 e. The van der Waals surface area contributed by atoms with Crippen LogP contribution in [0.15, 0.2) is 18.2 Å². The first-order valence-corrected chi connectivity index (χ1v) is 5.63. The molecule has 1 aromatic rings. The third-order valence-electron chi connectivity index (χ3n) is 2.37. The van der Waals surface area contributed by atoms with E-state index in [4.69, 9.17) is 11.6 Å². The zero-order valence-electron chi connectivity index (χ0n) is 8.84. The third-order valence-corrected chi connectivity index (χ3v) is 2.66. The van der Waals surface area contributed by atoms with Crippen molar-refractivity contribution < 1.29 is 9.50 Å². The Labute approximate surface area is 94.9 Å². The van der Waals surface area contributed by atoms with Gasteiger partial charge in [-0.25, -0.2) is 4.39 Å². The van der Waals surface area contributed by atoms with E-state index in [1.807, 2.05) is 6.92 Å². The lowest BCUT2D eigenvalue weighted by Gasteiger charge is -2.09. The van der Waals surface area contributed by atoms with Crippen molar-refractivity contribution >= 4 is 11.6 Å². The number of benzene rings is 1. The Morgan fingerprint density at radius 3 is 2.73 bits per heavy atom. The smallest absolute Gasteiger partial charge is 0.141 e. The van der Waals surface area contributed by atoms with Crippen molar-refractivity contribution in [3.05, 3.63) is 34.6 Å². The summed E-state index contributed by atoms with van der Waals surface area (Å²) in [5, 5.41) is 9.68. The van der Waals surface area contributed by atoms with E-state index in [1.54, 1.807) is 12.1 Å². The molecule has 3 heteroatoms. The summed E-state index contributed by atoms with van der Waals surface area (Å²) in [6.07, 6.45) is 2.97. The van der Waals surface area contributed by atoms with Gasteiger partial charge < -0.3 is 5.11 Å². The van der Waals surface area contributed by atoms with E-state index in [0.29, 0.717) is 6.42 Å². The van der Waals surface area contributed by atoms with Crippen molar-refractivity contribution in [1.82, 2.24) is 0 Å². The van der Waals surface area contributed by atoms with Crippen LogP contribution < -0.4 is 0 Å². The van der Waals surface area contributed by atoms with Gasteiger partial charge in [0.1, 0.15) is 5.82 Å². The molecule has 0 aliphatic carbocycles. The standard InChI is InChI=1S/C12H16ClFO/c1-2-3-10(15)6-4-9-5-7-12(14)11(13)8-9/h5,7-8,10,15H,2-4,6H2,1H3. The zero-order valence-corrected chi connectivity index (χ0v) is 9.60. The Balaban J connectivity index is 2.47. The Kier molecular flexibility index (Phi) is 5.06. The number of aliphatic hydroxyl groups is 1. The average molecular weight is 231 g/mol. The first-order chi connectivity index (χ1) is 7.13.